The van der Waals surface area contributed by atoms with Crippen LogP contribution in [0.3, 0.4) is 0 Å². The van der Waals surface area contributed by atoms with Gasteiger partial charge in [0.05, 0.1) is 6.61 Å². The summed E-state index contributed by atoms with van der Waals surface area (Å²) in [5.74, 6) is 0.759. The number of likely N-dealkylation sites (N-methyl/N-ethyl adjacent to an activating group) is 1. The van der Waals surface area contributed by atoms with Crippen molar-refractivity contribution in [2.75, 3.05) is 26.7 Å². The summed E-state index contributed by atoms with van der Waals surface area (Å²) in [5.41, 5.74) is 0. The minimum absolute atomic E-state index is 0.260. The second-order valence-corrected chi connectivity index (χ2v) is 5.58. The first-order valence-corrected chi connectivity index (χ1v) is 7.23. The summed E-state index contributed by atoms with van der Waals surface area (Å²) >= 11 is 0. The van der Waals surface area contributed by atoms with Gasteiger partial charge in [0.25, 0.3) is 0 Å². The third-order valence-corrected chi connectivity index (χ3v) is 4.10. The van der Waals surface area contributed by atoms with Crippen LogP contribution in [0.5, 0.6) is 0 Å². The van der Waals surface area contributed by atoms with Gasteiger partial charge < -0.3 is 15.3 Å². The van der Waals surface area contributed by atoms with Crippen LogP contribution >= 0.6 is 0 Å². The molecule has 1 aliphatic rings. The molecule has 1 saturated carbocycles. The molecule has 102 valence electrons. The standard InChI is InChI=1S/C14H30N2O/c1-4-9-15-14-8-6-5-7-13(14)10-16(3)12(2)11-17/h12-15,17H,4-11H2,1-3H3. The van der Waals surface area contributed by atoms with E-state index in [0.29, 0.717) is 6.04 Å². The van der Waals surface area contributed by atoms with Crippen molar-refractivity contribution in [3.05, 3.63) is 0 Å². The smallest absolute Gasteiger partial charge is 0.0584 e. The summed E-state index contributed by atoms with van der Waals surface area (Å²) in [7, 11) is 2.13. The van der Waals surface area contributed by atoms with Gasteiger partial charge >= 0.3 is 0 Å². The highest BCUT2D eigenvalue weighted by Crippen LogP contribution is 2.25. The Hall–Kier alpha value is -0.120. The van der Waals surface area contributed by atoms with Crippen molar-refractivity contribution >= 4 is 0 Å². The Balaban J connectivity index is 2.41. The predicted molar refractivity (Wildman–Crippen MR) is 73.2 cm³/mol. The molecule has 3 unspecified atom stereocenters. The first kappa shape index (κ1) is 14.9. The molecule has 17 heavy (non-hydrogen) atoms. The molecule has 1 aliphatic carbocycles. The monoisotopic (exact) mass is 242 g/mol. The third-order valence-electron chi connectivity index (χ3n) is 4.10. The van der Waals surface area contributed by atoms with Crippen LogP contribution in [0.4, 0.5) is 0 Å². The number of hydrogen-bond donors (Lipinski definition) is 2. The minimum atomic E-state index is 0.260. The first-order chi connectivity index (χ1) is 8.19. The van der Waals surface area contributed by atoms with E-state index in [9.17, 15) is 5.11 Å². The fourth-order valence-corrected chi connectivity index (χ4v) is 2.71. The molecule has 0 spiro atoms. The summed E-state index contributed by atoms with van der Waals surface area (Å²) in [6.45, 7) is 6.84. The van der Waals surface area contributed by atoms with E-state index in [1.165, 1.54) is 32.1 Å². The maximum atomic E-state index is 9.18. The van der Waals surface area contributed by atoms with Crippen molar-refractivity contribution in [3.63, 3.8) is 0 Å². The van der Waals surface area contributed by atoms with Gasteiger partial charge in [0, 0.05) is 18.6 Å². The highest BCUT2D eigenvalue weighted by molar-refractivity contribution is 4.83. The molecule has 0 radical (unpaired) electrons. The molecule has 1 fully saturated rings. The summed E-state index contributed by atoms with van der Waals surface area (Å²) in [4.78, 5) is 2.30. The zero-order valence-electron chi connectivity index (χ0n) is 11.8. The summed E-state index contributed by atoms with van der Waals surface area (Å²) in [5, 5.41) is 12.9. The maximum Gasteiger partial charge on any atom is 0.0584 e. The minimum Gasteiger partial charge on any atom is -0.395 e. The molecule has 0 bridgehead atoms. The van der Waals surface area contributed by atoms with Crippen molar-refractivity contribution in [2.24, 2.45) is 5.92 Å². The van der Waals surface area contributed by atoms with Crippen LogP contribution in [-0.2, 0) is 0 Å². The van der Waals surface area contributed by atoms with Crippen LogP contribution in [-0.4, -0.2) is 48.8 Å². The van der Waals surface area contributed by atoms with Crippen LogP contribution in [0, 0.1) is 5.92 Å². The fourth-order valence-electron chi connectivity index (χ4n) is 2.71. The van der Waals surface area contributed by atoms with Crippen molar-refractivity contribution in [1.82, 2.24) is 10.2 Å². The van der Waals surface area contributed by atoms with Crippen molar-refractivity contribution < 1.29 is 5.11 Å². The van der Waals surface area contributed by atoms with Gasteiger partial charge in [-0.3, -0.25) is 0 Å². The predicted octanol–water partition coefficient (Wildman–Crippen LogP) is 1.86. The van der Waals surface area contributed by atoms with E-state index in [0.717, 1.165) is 19.0 Å². The molecule has 0 heterocycles. The molecule has 0 aromatic heterocycles. The van der Waals surface area contributed by atoms with E-state index in [1.54, 1.807) is 0 Å². The van der Waals surface area contributed by atoms with E-state index in [4.69, 9.17) is 0 Å². The van der Waals surface area contributed by atoms with Gasteiger partial charge in [-0.25, -0.2) is 0 Å². The van der Waals surface area contributed by atoms with Gasteiger partial charge in [-0.15, -0.1) is 0 Å². The van der Waals surface area contributed by atoms with Crippen molar-refractivity contribution in [3.8, 4) is 0 Å². The van der Waals surface area contributed by atoms with Crippen molar-refractivity contribution in [1.29, 1.82) is 0 Å². The fraction of sp³-hybridized carbons (Fsp3) is 1.00. The molecule has 3 nitrogen and oxygen atoms in total. The lowest BCUT2D eigenvalue weighted by atomic mass is 9.84. The van der Waals surface area contributed by atoms with E-state index < -0.39 is 0 Å². The van der Waals surface area contributed by atoms with E-state index in [-0.39, 0.29) is 12.6 Å². The quantitative estimate of drug-likeness (QED) is 0.715. The van der Waals surface area contributed by atoms with Crippen LogP contribution < -0.4 is 5.32 Å². The Labute approximate surface area is 107 Å². The number of nitrogens with zero attached hydrogens (tertiary/aromatic N) is 1. The molecule has 0 aromatic rings. The highest BCUT2D eigenvalue weighted by Gasteiger charge is 2.26. The zero-order valence-corrected chi connectivity index (χ0v) is 11.8. The molecule has 1 rings (SSSR count). The number of aliphatic hydroxyl groups excluding tert-OH is 1. The topological polar surface area (TPSA) is 35.5 Å². The van der Waals surface area contributed by atoms with E-state index in [1.807, 2.05) is 0 Å². The van der Waals surface area contributed by atoms with Crippen LogP contribution in [0.2, 0.25) is 0 Å². The largest absolute Gasteiger partial charge is 0.395 e. The molecular weight excluding hydrogens is 212 g/mol. The normalized spacial score (nSPS) is 27.4. The molecule has 2 N–H and O–H groups in total. The number of rotatable bonds is 7. The van der Waals surface area contributed by atoms with E-state index in [2.05, 4.69) is 31.1 Å². The molecule has 0 aliphatic heterocycles. The Morgan fingerprint density at radius 3 is 2.71 bits per heavy atom. The number of hydrogen-bond acceptors (Lipinski definition) is 3. The average molecular weight is 242 g/mol. The van der Waals surface area contributed by atoms with Crippen LogP contribution in [0.15, 0.2) is 0 Å². The van der Waals surface area contributed by atoms with Gasteiger partial charge in [-0.05, 0) is 45.7 Å². The van der Waals surface area contributed by atoms with Gasteiger partial charge in [-0.2, -0.15) is 0 Å². The Morgan fingerprint density at radius 1 is 1.35 bits per heavy atom. The molecular formula is C14H30N2O. The Morgan fingerprint density at radius 2 is 2.06 bits per heavy atom. The Bertz CT molecular complexity index is 199. The summed E-state index contributed by atoms with van der Waals surface area (Å²) < 4.78 is 0. The molecule has 0 saturated heterocycles. The van der Waals surface area contributed by atoms with Gasteiger partial charge in [-0.1, -0.05) is 19.8 Å². The Kier molecular flexibility index (Phi) is 7.09. The zero-order chi connectivity index (χ0) is 12.7. The SMILES string of the molecule is CCCNC1CCCCC1CN(C)C(C)CO. The van der Waals surface area contributed by atoms with Gasteiger partial charge in [0.15, 0.2) is 0 Å². The van der Waals surface area contributed by atoms with E-state index >= 15 is 0 Å². The van der Waals surface area contributed by atoms with Crippen LogP contribution in [0.25, 0.3) is 0 Å². The molecule has 3 heteroatoms. The second-order valence-electron chi connectivity index (χ2n) is 5.58. The average Bonchev–Trinajstić information content (AvgIpc) is 2.36. The first-order valence-electron chi connectivity index (χ1n) is 7.23. The summed E-state index contributed by atoms with van der Waals surface area (Å²) in [6.07, 6.45) is 6.62. The molecule has 0 aromatic carbocycles. The number of aliphatic hydroxyl groups is 1. The van der Waals surface area contributed by atoms with Gasteiger partial charge in [0.2, 0.25) is 0 Å². The van der Waals surface area contributed by atoms with Crippen molar-refractivity contribution in [2.45, 2.75) is 58.0 Å². The number of nitrogens with one attached hydrogen (secondary N) is 1. The lowest BCUT2D eigenvalue weighted by molar-refractivity contribution is 0.119. The summed E-state index contributed by atoms with van der Waals surface area (Å²) in [6, 6.07) is 0.973. The van der Waals surface area contributed by atoms with Crippen LogP contribution in [0.1, 0.15) is 46.0 Å². The lowest BCUT2D eigenvalue weighted by Crippen LogP contribution is -2.46. The second kappa shape index (κ2) is 8.06. The molecule has 3 atom stereocenters. The highest BCUT2D eigenvalue weighted by atomic mass is 16.3. The maximum absolute atomic E-state index is 9.18. The lowest BCUT2D eigenvalue weighted by Gasteiger charge is -2.36. The molecule has 0 amide bonds. The third kappa shape index (κ3) is 4.94. The van der Waals surface area contributed by atoms with Gasteiger partial charge in [0.1, 0.15) is 0 Å².